The number of aromatic nitrogens is 4. The summed E-state index contributed by atoms with van der Waals surface area (Å²) in [5.74, 6) is 0.502. The predicted molar refractivity (Wildman–Crippen MR) is 66.7 cm³/mol. The molecule has 7 heteroatoms. The van der Waals surface area contributed by atoms with Crippen LogP contribution in [0.4, 0.5) is 13.2 Å². The third-order valence-electron chi connectivity index (χ3n) is 2.95. The average molecular weight is 278 g/mol. The van der Waals surface area contributed by atoms with Crippen LogP contribution in [0.15, 0.2) is 36.7 Å². The van der Waals surface area contributed by atoms with Gasteiger partial charge in [0.2, 0.25) is 0 Å². The van der Waals surface area contributed by atoms with Gasteiger partial charge in [-0.2, -0.15) is 13.2 Å². The number of imidazole rings is 1. The molecule has 0 atom stereocenters. The molecule has 3 rings (SSSR count). The Hall–Kier alpha value is -2.44. The third kappa shape index (κ3) is 2.01. The topological polar surface area (TPSA) is 43.6 Å². The maximum atomic E-state index is 12.6. The fourth-order valence-corrected chi connectivity index (χ4v) is 1.97. The van der Waals surface area contributed by atoms with Crippen LogP contribution in [0, 0.1) is 0 Å². The van der Waals surface area contributed by atoms with E-state index in [4.69, 9.17) is 0 Å². The molecule has 0 amide bonds. The molecule has 3 aromatic heterocycles. The Kier molecular flexibility index (Phi) is 2.70. The van der Waals surface area contributed by atoms with Crippen molar-refractivity contribution in [1.82, 2.24) is 19.5 Å². The van der Waals surface area contributed by atoms with Crippen LogP contribution >= 0.6 is 0 Å². The van der Waals surface area contributed by atoms with E-state index in [0.717, 1.165) is 6.07 Å². The van der Waals surface area contributed by atoms with Crippen molar-refractivity contribution in [1.29, 1.82) is 0 Å². The number of pyridine rings is 2. The normalized spacial score (nSPS) is 12.0. The Morgan fingerprint density at radius 2 is 1.95 bits per heavy atom. The molecule has 0 saturated carbocycles. The van der Waals surface area contributed by atoms with Gasteiger partial charge in [0.05, 0.1) is 17.2 Å². The van der Waals surface area contributed by atoms with Crippen molar-refractivity contribution in [3.8, 4) is 11.5 Å². The summed E-state index contributed by atoms with van der Waals surface area (Å²) in [6.07, 6.45) is -1.69. The molecule has 0 N–H and O–H groups in total. The number of fused-ring (bicyclic) bond motifs is 1. The lowest BCUT2D eigenvalue weighted by molar-refractivity contribution is -0.141. The largest absolute Gasteiger partial charge is 0.433 e. The van der Waals surface area contributed by atoms with Crippen molar-refractivity contribution in [2.45, 2.75) is 6.18 Å². The van der Waals surface area contributed by atoms with E-state index in [1.165, 1.54) is 6.20 Å². The molecule has 0 aliphatic rings. The number of nitrogens with zero attached hydrogens (tertiary/aromatic N) is 4. The zero-order chi connectivity index (χ0) is 14.3. The Bertz CT molecular complexity index is 762. The molecular formula is C13H9F3N4. The van der Waals surface area contributed by atoms with Gasteiger partial charge in [0.15, 0.2) is 5.82 Å². The van der Waals surface area contributed by atoms with Gasteiger partial charge >= 0.3 is 6.18 Å². The van der Waals surface area contributed by atoms with E-state index < -0.39 is 11.9 Å². The van der Waals surface area contributed by atoms with Gasteiger partial charge in [-0.25, -0.2) is 9.97 Å². The number of aryl methyl sites for hydroxylation is 1. The Morgan fingerprint density at radius 1 is 1.15 bits per heavy atom. The molecule has 0 aliphatic carbocycles. The average Bonchev–Trinajstić information content (AvgIpc) is 2.76. The molecule has 0 saturated heterocycles. The standard InChI is InChI=1S/C13H9F3N4/c1-20-10-7-18-11(13(14,15)16)6-9(10)19-12(20)8-4-2-3-5-17-8/h2-7H,1H3. The highest BCUT2D eigenvalue weighted by atomic mass is 19.4. The second kappa shape index (κ2) is 4.29. The van der Waals surface area contributed by atoms with Crippen LogP contribution in [0.2, 0.25) is 0 Å². The van der Waals surface area contributed by atoms with Crippen LogP contribution < -0.4 is 0 Å². The van der Waals surface area contributed by atoms with Crippen molar-refractivity contribution in [3.05, 3.63) is 42.4 Å². The lowest BCUT2D eigenvalue weighted by atomic mass is 10.3. The summed E-state index contributed by atoms with van der Waals surface area (Å²) in [5.41, 5.74) is 0.421. The summed E-state index contributed by atoms with van der Waals surface area (Å²) >= 11 is 0. The van der Waals surface area contributed by atoms with Gasteiger partial charge in [0.1, 0.15) is 11.4 Å². The van der Waals surface area contributed by atoms with E-state index in [-0.39, 0.29) is 5.52 Å². The number of alkyl halides is 3. The molecule has 0 radical (unpaired) electrons. The molecule has 0 fully saturated rings. The van der Waals surface area contributed by atoms with Crippen LogP contribution in [0.5, 0.6) is 0 Å². The zero-order valence-electron chi connectivity index (χ0n) is 10.4. The SMILES string of the molecule is Cn1c(-c2ccccn2)nc2cc(C(F)(F)F)ncc21. The van der Waals surface area contributed by atoms with Gasteiger partial charge in [-0.3, -0.25) is 4.98 Å². The van der Waals surface area contributed by atoms with Crippen molar-refractivity contribution in [2.75, 3.05) is 0 Å². The lowest BCUT2D eigenvalue weighted by Crippen LogP contribution is -2.07. The smallest absolute Gasteiger partial charge is 0.325 e. The molecule has 0 unspecified atom stereocenters. The van der Waals surface area contributed by atoms with E-state index >= 15 is 0 Å². The van der Waals surface area contributed by atoms with Crippen molar-refractivity contribution >= 4 is 11.0 Å². The third-order valence-corrected chi connectivity index (χ3v) is 2.95. The first-order valence-electron chi connectivity index (χ1n) is 5.78. The fraction of sp³-hybridized carbons (Fsp3) is 0.154. The minimum Gasteiger partial charge on any atom is -0.325 e. The van der Waals surface area contributed by atoms with E-state index in [9.17, 15) is 13.2 Å². The summed E-state index contributed by atoms with van der Waals surface area (Å²) < 4.78 is 39.6. The van der Waals surface area contributed by atoms with Crippen molar-refractivity contribution in [3.63, 3.8) is 0 Å². The van der Waals surface area contributed by atoms with Gasteiger partial charge in [0, 0.05) is 13.2 Å². The van der Waals surface area contributed by atoms with Crippen LogP contribution in [0.3, 0.4) is 0 Å². The molecular weight excluding hydrogens is 269 g/mol. The van der Waals surface area contributed by atoms with Gasteiger partial charge in [-0.1, -0.05) is 6.07 Å². The molecule has 102 valence electrons. The van der Waals surface area contributed by atoms with Crippen molar-refractivity contribution < 1.29 is 13.2 Å². The van der Waals surface area contributed by atoms with Crippen molar-refractivity contribution in [2.24, 2.45) is 7.05 Å². The van der Waals surface area contributed by atoms with E-state index in [2.05, 4.69) is 15.0 Å². The monoisotopic (exact) mass is 278 g/mol. The molecule has 0 aliphatic heterocycles. The number of rotatable bonds is 1. The van der Waals surface area contributed by atoms with Crippen LogP contribution in [-0.4, -0.2) is 19.5 Å². The number of hydrogen-bond acceptors (Lipinski definition) is 3. The molecule has 4 nitrogen and oxygen atoms in total. The second-order valence-corrected chi connectivity index (χ2v) is 4.27. The quantitative estimate of drug-likeness (QED) is 0.687. The highest BCUT2D eigenvalue weighted by Crippen LogP contribution is 2.30. The minimum atomic E-state index is -4.48. The maximum Gasteiger partial charge on any atom is 0.433 e. The molecule has 0 bridgehead atoms. The van der Waals surface area contributed by atoms with Crippen LogP contribution in [0.1, 0.15) is 5.69 Å². The summed E-state index contributed by atoms with van der Waals surface area (Å²) in [7, 11) is 1.72. The minimum absolute atomic E-state index is 0.246. The molecule has 3 aromatic rings. The zero-order valence-corrected chi connectivity index (χ0v) is 10.4. The molecule has 0 aromatic carbocycles. The highest BCUT2D eigenvalue weighted by Gasteiger charge is 2.33. The Balaban J connectivity index is 2.20. The maximum absolute atomic E-state index is 12.6. The summed E-state index contributed by atoms with van der Waals surface area (Å²) in [6, 6.07) is 6.25. The fourth-order valence-electron chi connectivity index (χ4n) is 1.97. The van der Waals surface area contributed by atoms with Gasteiger partial charge in [-0.15, -0.1) is 0 Å². The van der Waals surface area contributed by atoms with Crippen LogP contribution in [0.25, 0.3) is 22.6 Å². The van der Waals surface area contributed by atoms with Gasteiger partial charge in [0.25, 0.3) is 0 Å². The number of halogens is 3. The van der Waals surface area contributed by atoms with Crippen LogP contribution in [-0.2, 0) is 13.2 Å². The predicted octanol–water partition coefficient (Wildman–Crippen LogP) is 3.05. The Morgan fingerprint density at radius 3 is 2.60 bits per heavy atom. The summed E-state index contributed by atoms with van der Waals surface area (Å²) in [4.78, 5) is 11.8. The summed E-state index contributed by atoms with van der Waals surface area (Å²) in [5, 5.41) is 0. The first-order valence-corrected chi connectivity index (χ1v) is 5.78. The summed E-state index contributed by atoms with van der Waals surface area (Å²) in [6.45, 7) is 0. The van der Waals surface area contributed by atoms with E-state index in [1.54, 1.807) is 36.0 Å². The highest BCUT2D eigenvalue weighted by molar-refractivity contribution is 5.79. The first kappa shape index (κ1) is 12.6. The molecule has 20 heavy (non-hydrogen) atoms. The van der Waals surface area contributed by atoms with Gasteiger partial charge in [-0.05, 0) is 18.2 Å². The Labute approximate surface area is 111 Å². The number of hydrogen-bond donors (Lipinski definition) is 0. The first-order chi connectivity index (χ1) is 9.47. The second-order valence-electron chi connectivity index (χ2n) is 4.27. The van der Waals surface area contributed by atoms with E-state index in [0.29, 0.717) is 17.0 Å². The molecule has 3 heterocycles. The van der Waals surface area contributed by atoms with E-state index in [1.807, 2.05) is 0 Å². The lowest BCUT2D eigenvalue weighted by Gasteiger charge is -2.04. The molecule has 0 spiro atoms. The van der Waals surface area contributed by atoms with Gasteiger partial charge < -0.3 is 4.57 Å².